The molecule has 7 heteroatoms. The molecule has 1 saturated carbocycles. The molecule has 0 radical (unpaired) electrons. The van der Waals surface area contributed by atoms with Crippen molar-refractivity contribution in [2.24, 2.45) is 11.8 Å². The van der Waals surface area contributed by atoms with Crippen LogP contribution in [-0.2, 0) is 19.6 Å². The number of carbonyl (C=O) groups excluding carboxylic acids is 1. The molecule has 6 nitrogen and oxygen atoms in total. The Morgan fingerprint density at radius 1 is 1.27 bits per heavy atom. The first-order valence-electron chi connectivity index (χ1n) is 8.28. The van der Waals surface area contributed by atoms with Crippen molar-refractivity contribution in [1.82, 2.24) is 9.21 Å². The smallest absolute Gasteiger partial charge is 0.227 e. The first kappa shape index (κ1) is 16.2. The predicted molar refractivity (Wildman–Crippen MR) is 82.8 cm³/mol. The molecule has 0 aromatic heterocycles. The largest absolute Gasteiger partial charge is 0.381 e. The molecule has 0 aromatic carbocycles. The molecule has 2 saturated heterocycles. The first-order chi connectivity index (χ1) is 10.4. The van der Waals surface area contributed by atoms with Crippen LogP contribution in [0.3, 0.4) is 0 Å². The Bertz CT molecular complexity index is 512. The van der Waals surface area contributed by atoms with Crippen molar-refractivity contribution < 1.29 is 17.9 Å². The van der Waals surface area contributed by atoms with Crippen molar-refractivity contribution in [3.8, 4) is 0 Å². The second-order valence-electron chi connectivity index (χ2n) is 6.91. The summed E-state index contributed by atoms with van der Waals surface area (Å²) in [4.78, 5) is 14.9. The Labute approximate surface area is 132 Å². The second-order valence-corrected chi connectivity index (χ2v) is 8.89. The lowest BCUT2D eigenvalue weighted by molar-refractivity contribution is -0.138. The summed E-state index contributed by atoms with van der Waals surface area (Å²) >= 11 is 0. The van der Waals surface area contributed by atoms with Gasteiger partial charge in [-0.3, -0.25) is 4.79 Å². The normalized spacial score (nSPS) is 30.4. The molecule has 3 aliphatic rings. The summed E-state index contributed by atoms with van der Waals surface area (Å²) in [6.07, 6.45) is 6.00. The Morgan fingerprint density at radius 2 is 2.05 bits per heavy atom. The highest BCUT2D eigenvalue weighted by atomic mass is 32.2. The lowest BCUT2D eigenvalue weighted by Gasteiger charge is -2.34. The van der Waals surface area contributed by atoms with Gasteiger partial charge in [-0.05, 0) is 32.1 Å². The molecule has 3 rings (SSSR count). The summed E-state index contributed by atoms with van der Waals surface area (Å²) in [6, 6.07) is 0.377. The summed E-state index contributed by atoms with van der Waals surface area (Å²) in [5, 5.41) is 0. The molecule has 2 heterocycles. The van der Waals surface area contributed by atoms with Gasteiger partial charge in [0.05, 0.1) is 18.8 Å². The number of ether oxygens (including phenoxy) is 1. The highest BCUT2D eigenvalue weighted by Crippen LogP contribution is 2.32. The lowest BCUT2D eigenvalue weighted by Crippen LogP contribution is -2.48. The van der Waals surface area contributed by atoms with Gasteiger partial charge in [-0.25, -0.2) is 12.7 Å². The average molecular weight is 330 g/mol. The third-order valence-electron chi connectivity index (χ3n) is 4.95. The average Bonchev–Trinajstić information content (AvgIpc) is 3.20. The molecular formula is C15H26N2O4S. The first-order valence-corrected chi connectivity index (χ1v) is 10.1. The van der Waals surface area contributed by atoms with Crippen LogP contribution >= 0.6 is 0 Å². The minimum Gasteiger partial charge on any atom is -0.381 e. The minimum absolute atomic E-state index is 0.155. The van der Waals surface area contributed by atoms with Crippen molar-refractivity contribution in [3.05, 3.63) is 0 Å². The monoisotopic (exact) mass is 330 g/mol. The Morgan fingerprint density at radius 3 is 2.64 bits per heavy atom. The fraction of sp³-hybridized carbons (Fsp3) is 0.933. The van der Waals surface area contributed by atoms with Gasteiger partial charge in [-0.15, -0.1) is 0 Å². The van der Waals surface area contributed by atoms with Gasteiger partial charge < -0.3 is 9.64 Å². The van der Waals surface area contributed by atoms with E-state index in [0.29, 0.717) is 25.0 Å². The Hall–Kier alpha value is -0.660. The molecule has 0 aromatic rings. The molecule has 2 atom stereocenters. The summed E-state index contributed by atoms with van der Waals surface area (Å²) in [5.74, 6) is 0.424. The number of amides is 1. The van der Waals surface area contributed by atoms with E-state index in [4.69, 9.17) is 4.74 Å². The van der Waals surface area contributed by atoms with Crippen molar-refractivity contribution in [3.63, 3.8) is 0 Å². The van der Waals surface area contributed by atoms with Gasteiger partial charge >= 0.3 is 0 Å². The molecule has 0 spiro atoms. The SMILES string of the molecule is CS(=O)(=O)N1CCC[C@@H](C(=O)N(C[C@@H]2CCOC2)C2CC2)C1. The summed E-state index contributed by atoms with van der Waals surface area (Å²) in [7, 11) is -3.20. The van der Waals surface area contributed by atoms with Crippen LogP contribution in [0.15, 0.2) is 0 Å². The number of carbonyl (C=O) groups is 1. The van der Waals surface area contributed by atoms with Crippen LogP contribution in [0.4, 0.5) is 0 Å². The number of piperidine rings is 1. The number of nitrogens with zero attached hydrogens (tertiary/aromatic N) is 2. The van der Waals surface area contributed by atoms with E-state index in [1.807, 2.05) is 4.90 Å². The molecule has 0 N–H and O–H groups in total. The standard InChI is InChI=1S/C15H26N2O4S/c1-22(19,20)16-7-2-3-13(10-16)15(18)17(14-4-5-14)9-12-6-8-21-11-12/h12-14H,2-11H2,1H3/t12-,13+/m0/s1. The van der Waals surface area contributed by atoms with Gasteiger partial charge in [0.25, 0.3) is 0 Å². The van der Waals surface area contributed by atoms with Gasteiger partial charge in [0.2, 0.25) is 15.9 Å². The lowest BCUT2D eigenvalue weighted by atomic mass is 9.97. The second kappa shape index (κ2) is 6.45. The minimum atomic E-state index is -3.20. The van der Waals surface area contributed by atoms with Gasteiger partial charge in [-0.2, -0.15) is 0 Å². The quantitative estimate of drug-likeness (QED) is 0.744. The van der Waals surface area contributed by atoms with Crippen LogP contribution in [0.1, 0.15) is 32.1 Å². The van der Waals surface area contributed by atoms with E-state index in [0.717, 1.165) is 51.9 Å². The van der Waals surface area contributed by atoms with Crippen LogP contribution < -0.4 is 0 Å². The maximum atomic E-state index is 12.9. The number of rotatable bonds is 5. The van der Waals surface area contributed by atoms with E-state index >= 15 is 0 Å². The van der Waals surface area contributed by atoms with Crippen molar-refractivity contribution in [2.45, 2.75) is 38.1 Å². The van der Waals surface area contributed by atoms with Gasteiger partial charge in [0.15, 0.2) is 0 Å². The number of hydrogen-bond acceptors (Lipinski definition) is 4. The van der Waals surface area contributed by atoms with Crippen LogP contribution in [0.2, 0.25) is 0 Å². The third-order valence-corrected chi connectivity index (χ3v) is 6.22. The molecular weight excluding hydrogens is 304 g/mol. The highest BCUT2D eigenvalue weighted by molar-refractivity contribution is 7.88. The fourth-order valence-electron chi connectivity index (χ4n) is 3.49. The van der Waals surface area contributed by atoms with Crippen LogP contribution in [0.25, 0.3) is 0 Å². The van der Waals surface area contributed by atoms with Gasteiger partial charge in [0, 0.05) is 38.2 Å². The molecule has 126 valence electrons. The van der Waals surface area contributed by atoms with Crippen molar-refractivity contribution in [2.75, 3.05) is 39.1 Å². The van der Waals surface area contributed by atoms with Crippen LogP contribution in [-0.4, -0.2) is 68.7 Å². The maximum absolute atomic E-state index is 12.9. The van der Waals surface area contributed by atoms with Crippen molar-refractivity contribution in [1.29, 1.82) is 0 Å². The molecule has 2 aliphatic heterocycles. The van der Waals surface area contributed by atoms with E-state index in [1.165, 1.54) is 10.6 Å². The number of sulfonamides is 1. The maximum Gasteiger partial charge on any atom is 0.227 e. The highest BCUT2D eigenvalue weighted by Gasteiger charge is 2.39. The van der Waals surface area contributed by atoms with Crippen LogP contribution in [0.5, 0.6) is 0 Å². The Balaban J connectivity index is 1.64. The fourth-order valence-corrected chi connectivity index (χ4v) is 4.40. The van der Waals surface area contributed by atoms with E-state index in [-0.39, 0.29) is 11.8 Å². The van der Waals surface area contributed by atoms with Crippen LogP contribution in [0, 0.1) is 11.8 Å². The zero-order valence-electron chi connectivity index (χ0n) is 13.2. The zero-order chi connectivity index (χ0) is 15.7. The van der Waals surface area contributed by atoms with E-state index < -0.39 is 10.0 Å². The summed E-state index contributed by atoms with van der Waals surface area (Å²) < 4.78 is 30.3. The van der Waals surface area contributed by atoms with Gasteiger partial charge in [0.1, 0.15) is 0 Å². The van der Waals surface area contributed by atoms with E-state index in [2.05, 4.69) is 0 Å². The molecule has 1 amide bonds. The topological polar surface area (TPSA) is 66.9 Å². The van der Waals surface area contributed by atoms with Gasteiger partial charge in [-0.1, -0.05) is 0 Å². The number of hydrogen-bond donors (Lipinski definition) is 0. The van der Waals surface area contributed by atoms with E-state index in [9.17, 15) is 13.2 Å². The molecule has 0 bridgehead atoms. The predicted octanol–water partition coefficient (Wildman–Crippen LogP) is 0.686. The zero-order valence-corrected chi connectivity index (χ0v) is 14.1. The Kier molecular flexibility index (Phi) is 4.75. The molecule has 0 unspecified atom stereocenters. The molecule has 22 heavy (non-hydrogen) atoms. The van der Waals surface area contributed by atoms with Crippen molar-refractivity contribution >= 4 is 15.9 Å². The third kappa shape index (κ3) is 3.81. The molecule has 1 aliphatic carbocycles. The van der Waals surface area contributed by atoms with E-state index in [1.54, 1.807) is 0 Å². The molecule has 3 fully saturated rings. The summed E-state index contributed by atoms with van der Waals surface area (Å²) in [5.41, 5.74) is 0. The summed E-state index contributed by atoms with van der Waals surface area (Å²) in [6.45, 7) is 3.21.